The largest absolute Gasteiger partial charge is 0.376 e. The molecule has 1 fully saturated rings. The molecule has 2 aromatic rings. The first-order valence-corrected chi connectivity index (χ1v) is 8.39. The summed E-state index contributed by atoms with van der Waals surface area (Å²) in [5.41, 5.74) is 5.03. The molecule has 1 aliphatic heterocycles. The van der Waals surface area contributed by atoms with Crippen molar-refractivity contribution in [2.75, 3.05) is 13.2 Å². The van der Waals surface area contributed by atoms with Gasteiger partial charge in [-0.1, -0.05) is 18.2 Å². The number of nitrogens with one attached hydrogen (secondary N) is 3. The maximum atomic E-state index is 12.4. The highest BCUT2D eigenvalue weighted by Gasteiger charge is 2.17. The molecule has 1 atom stereocenters. The Morgan fingerprint density at radius 3 is 2.84 bits per heavy atom. The Morgan fingerprint density at radius 1 is 1.36 bits per heavy atom. The molecule has 8 nitrogen and oxygen atoms in total. The standard InChI is InChI=1S/C16H19N5O3S/c1-21-15(23)12-7-3-2-6-11(12)13(20-21)14(22)18-19-16(25)17-9-10-5-4-8-24-10/h2-3,6-7,10H,4-5,8-9H2,1H3,(H,18,22)(H2,17,19,25). The molecule has 1 unspecified atom stereocenters. The van der Waals surface area contributed by atoms with Crippen LogP contribution in [0.25, 0.3) is 10.8 Å². The highest BCUT2D eigenvalue weighted by molar-refractivity contribution is 7.80. The van der Waals surface area contributed by atoms with Gasteiger partial charge in [-0.05, 0) is 31.1 Å². The number of fused-ring (bicyclic) bond motifs is 1. The number of amides is 1. The number of carbonyl (C=O) groups is 1. The number of hydrazine groups is 1. The predicted molar refractivity (Wildman–Crippen MR) is 97.2 cm³/mol. The molecule has 3 rings (SSSR count). The second kappa shape index (κ2) is 7.58. The van der Waals surface area contributed by atoms with Crippen LogP contribution in [0, 0.1) is 0 Å². The molecule has 3 N–H and O–H groups in total. The number of hydrogen-bond donors (Lipinski definition) is 3. The van der Waals surface area contributed by atoms with Crippen molar-refractivity contribution in [2.24, 2.45) is 7.05 Å². The third kappa shape index (κ3) is 3.94. The maximum absolute atomic E-state index is 12.4. The molecule has 1 saturated heterocycles. The lowest BCUT2D eigenvalue weighted by Gasteiger charge is -2.15. The summed E-state index contributed by atoms with van der Waals surface area (Å²) in [7, 11) is 1.51. The predicted octanol–water partition coefficient (Wildman–Crippen LogP) is 0.221. The van der Waals surface area contributed by atoms with Gasteiger partial charge in [-0.2, -0.15) is 5.10 Å². The van der Waals surface area contributed by atoms with Crippen molar-refractivity contribution < 1.29 is 9.53 Å². The van der Waals surface area contributed by atoms with Crippen LogP contribution < -0.4 is 21.7 Å². The number of benzene rings is 1. The maximum Gasteiger partial charge on any atom is 0.290 e. The number of rotatable bonds is 3. The Kier molecular flexibility index (Phi) is 5.25. The quantitative estimate of drug-likeness (QED) is 0.531. The number of thiocarbonyl (C=S) groups is 1. The molecular weight excluding hydrogens is 342 g/mol. The van der Waals surface area contributed by atoms with E-state index in [9.17, 15) is 9.59 Å². The summed E-state index contributed by atoms with van der Waals surface area (Å²) in [5, 5.41) is 8.26. The summed E-state index contributed by atoms with van der Waals surface area (Å²) < 4.78 is 6.64. The number of aryl methyl sites for hydroxylation is 1. The van der Waals surface area contributed by atoms with Crippen molar-refractivity contribution in [1.29, 1.82) is 0 Å². The minimum absolute atomic E-state index is 0.143. The molecule has 1 aliphatic rings. The first-order chi connectivity index (χ1) is 12.1. The van der Waals surface area contributed by atoms with Crippen molar-refractivity contribution in [2.45, 2.75) is 18.9 Å². The molecule has 0 spiro atoms. The van der Waals surface area contributed by atoms with E-state index in [2.05, 4.69) is 21.3 Å². The van der Waals surface area contributed by atoms with Gasteiger partial charge in [0.05, 0.1) is 11.5 Å². The fourth-order valence-corrected chi connectivity index (χ4v) is 2.83. The van der Waals surface area contributed by atoms with Gasteiger partial charge in [0.2, 0.25) is 0 Å². The Bertz CT molecular complexity index is 860. The van der Waals surface area contributed by atoms with Gasteiger partial charge in [0.1, 0.15) is 0 Å². The SMILES string of the molecule is Cn1nc(C(=O)NNC(=S)NCC2CCCO2)c2ccccc2c1=O. The number of ether oxygens (including phenoxy) is 1. The van der Waals surface area contributed by atoms with E-state index in [0.29, 0.717) is 17.3 Å². The fourth-order valence-electron chi connectivity index (χ4n) is 2.70. The molecule has 1 amide bonds. The van der Waals surface area contributed by atoms with Gasteiger partial charge < -0.3 is 10.1 Å². The second-order valence-corrected chi connectivity index (χ2v) is 6.16. The summed E-state index contributed by atoms with van der Waals surface area (Å²) in [5.74, 6) is -0.479. The molecule has 132 valence electrons. The zero-order chi connectivity index (χ0) is 17.8. The van der Waals surface area contributed by atoms with Crippen LogP contribution in [-0.2, 0) is 11.8 Å². The van der Waals surface area contributed by atoms with E-state index in [4.69, 9.17) is 17.0 Å². The van der Waals surface area contributed by atoms with E-state index in [-0.39, 0.29) is 22.5 Å². The lowest BCUT2D eigenvalue weighted by molar-refractivity contribution is 0.0938. The van der Waals surface area contributed by atoms with Crippen LogP contribution in [0.2, 0.25) is 0 Å². The van der Waals surface area contributed by atoms with Crippen LogP contribution in [0.1, 0.15) is 23.3 Å². The zero-order valence-electron chi connectivity index (χ0n) is 13.7. The fraction of sp³-hybridized carbons (Fsp3) is 0.375. The van der Waals surface area contributed by atoms with Crippen LogP contribution in [0.3, 0.4) is 0 Å². The normalized spacial score (nSPS) is 16.6. The third-order valence-electron chi connectivity index (χ3n) is 3.98. The van der Waals surface area contributed by atoms with Crippen LogP contribution in [0.5, 0.6) is 0 Å². The first-order valence-electron chi connectivity index (χ1n) is 7.98. The smallest absolute Gasteiger partial charge is 0.290 e. The lowest BCUT2D eigenvalue weighted by Crippen LogP contribution is -2.48. The average Bonchev–Trinajstić information content (AvgIpc) is 3.14. The van der Waals surface area contributed by atoms with Gasteiger partial charge in [0.15, 0.2) is 10.8 Å². The van der Waals surface area contributed by atoms with Gasteiger partial charge in [-0.25, -0.2) is 4.68 Å². The Labute approximate surface area is 149 Å². The van der Waals surface area contributed by atoms with E-state index in [1.807, 2.05) is 0 Å². The Balaban J connectivity index is 1.65. The van der Waals surface area contributed by atoms with Gasteiger partial charge >= 0.3 is 0 Å². The van der Waals surface area contributed by atoms with Gasteiger partial charge in [-0.3, -0.25) is 20.4 Å². The van der Waals surface area contributed by atoms with E-state index in [0.717, 1.165) is 24.1 Å². The van der Waals surface area contributed by atoms with Crippen LogP contribution in [-0.4, -0.2) is 40.1 Å². The zero-order valence-corrected chi connectivity index (χ0v) is 14.6. The molecule has 0 radical (unpaired) electrons. The molecule has 0 bridgehead atoms. The summed E-state index contributed by atoms with van der Waals surface area (Å²) in [6, 6.07) is 6.85. The lowest BCUT2D eigenvalue weighted by atomic mass is 10.1. The molecule has 0 saturated carbocycles. The minimum atomic E-state index is -0.479. The molecule has 1 aromatic carbocycles. The summed E-state index contributed by atoms with van der Waals surface area (Å²) in [6.07, 6.45) is 2.19. The monoisotopic (exact) mass is 361 g/mol. The molecule has 9 heteroatoms. The van der Waals surface area contributed by atoms with Crippen molar-refractivity contribution in [3.05, 3.63) is 40.3 Å². The van der Waals surface area contributed by atoms with Crippen molar-refractivity contribution in [3.8, 4) is 0 Å². The van der Waals surface area contributed by atoms with Crippen molar-refractivity contribution in [1.82, 2.24) is 25.9 Å². The molecule has 25 heavy (non-hydrogen) atoms. The van der Waals surface area contributed by atoms with Crippen LogP contribution in [0.4, 0.5) is 0 Å². The summed E-state index contributed by atoms with van der Waals surface area (Å²) in [4.78, 5) is 24.5. The second-order valence-electron chi connectivity index (χ2n) is 5.75. The van der Waals surface area contributed by atoms with Crippen molar-refractivity contribution in [3.63, 3.8) is 0 Å². The number of nitrogens with zero attached hydrogens (tertiary/aromatic N) is 2. The topological polar surface area (TPSA) is 97.3 Å². The Hall–Kier alpha value is -2.52. The average molecular weight is 361 g/mol. The van der Waals surface area contributed by atoms with Crippen LogP contribution >= 0.6 is 12.2 Å². The van der Waals surface area contributed by atoms with Crippen LogP contribution in [0.15, 0.2) is 29.1 Å². The molecule has 1 aromatic heterocycles. The minimum Gasteiger partial charge on any atom is -0.376 e. The number of carbonyl (C=O) groups excluding carboxylic acids is 1. The summed E-state index contributed by atoms with van der Waals surface area (Å²) in [6.45, 7) is 1.36. The summed E-state index contributed by atoms with van der Waals surface area (Å²) >= 11 is 5.13. The van der Waals surface area contributed by atoms with Gasteiger partial charge in [0, 0.05) is 25.6 Å². The van der Waals surface area contributed by atoms with Crippen molar-refractivity contribution >= 4 is 34.0 Å². The first kappa shape index (κ1) is 17.3. The number of aromatic nitrogens is 2. The third-order valence-corrected chi connectivity index (χ3v) is 4.22. The van der Waals surface area contributed by atoms with Gasteiger partial charge in [0.25, 0.3) is 11.5 Å². The van der Waals surface area contributed by atoms with E-state index >= 15 is 0 Å². The molecular formula is C16H19N5O3S. The van der Waals surface area contributed by atoms with Gasteiger partial charge in [-0.15, -0.1) is 0 Å². The Morgan fingerprint density at radius 2 is 2.12 bits per heavy atom. The highest BCUT2D eigenvalue weighted by Crippen LogP contribution is 2.12. The molecule has 2 heterocycles. The molecule has 0 aliphatic carbocycles. The highest BCUT2D eigenvalue weighted by atomic mass is 32.1. The number of hydrogen-bond acceptors (Lipinski definition) is 5. The van der Waals surface area contributed by atoms with E-state index < -0.39 is 5.91 Å². The van der Waals surface area contributed by atoms with E-state index in [1.165, 1.54) is 7.05 Å². The van der Waals surface area contributed by atoms with E-state index in [1.54, 1.807) is 24.3 Å².